The van der Waals surface area contributed by atoms with E-state index in [4.69, 9.17) is 16.7 Å². The van der Waals surface area contributed by atoms with Crippen molar-refractivity contribution in [2.24, 2.45) is 0 Å². The van der Waals surface area contributed by atoms with Crippen molar-refractivity contribution in [3.8, 4) is 0 Å². The average Bonchev–Trinajstić information content (AvgIpc) is 2.18. The van der Waals surface area contributed by atoms with E-state index in [-0.39, 0.29) is 12.6 Å². The fourth-order valence-electron chi connectivity index (χ4n) is 1.81. The Balaban J connectivity index is 2.45. The predicted molar refractivity (Wildman–Crippen MR) is 53.0 cm³/mol. The van der Waals surface area contributed by atoms with Gasteiger partial charge in [0.05, 0.1) is 12.6 Å². The lowest BCUT2D eigenvalue weighted by atomic mass is 9.95. The molecule has 1 aliphatic heterocycles. The fraction of sp³-hybridized carbons (Fsp3) is 0.400. The number of aliphatic hydroxyl groups excluding tert-OH is 1. The van der Waals surface area contributed by atoms with Gasteiger partial charge in [0.15, 0.2) is 0 Å². The minimum absolute atomic E-state index is 0.0578. The lowest BCUT2D eigenvalue weighted by Crippen LogP contribution is -2.32. The molecule has 2 rings (SSSR count). The lowest BCUT2D eigenvalue weighted by molar-refractivity contribution is 0.240. The normalized spacial score (nSPS) is 21.2. The Bertz CT molecular complexity index is 314. The summed E-state index contributed by atoms with van der Waals surface area (Å²) >= 11 is 6.06. The Kier molecular flexibility index (Phi) is 2.54. The van der Waals surface area contributed by atoms with Crippen molar-refractivity contribution in [2.45, 2.75) is 12.5 Å². The summed E-state index contributed by atoms with van der Waals surface area (Å²) in [6.45, 7) is 1.02. The van der Waals surface area contributed by atoms with E-state index in [0.717, 1.165) is 23.6 Å². The smallest absolute Gasteiger partial charge is 0.0626 e. The van der Waals surface area contributed by atoms with Crippen molar-refractivity contribution in [1.29, 1.82) is 0 Å². The molecule has 2 N–H and O–H groups in total. The van der Waals surface area contributed by atoms with Crippen LogP contribution in [0.1, 0.15) is 17.2 Å². The molecule has 0 amide bonds. The second kappa shape index (κ2) is 3.66. The molecule has 1 aliphatic rings. The van der Waals surface area contributed by atoms with Crippen LogP contribution in [0.15, 0.2) is 18.2 Å². The largest absolute Gasteiger partial charge is 0.394 e. The Morgan fingerprint density at radius 3 is 3.15 bits per heavy atom. The molecule has 70 valence electrons. The van der Waals surface area contributed by atoms with Crippen LogP contribution in [0.3, 0.4) is 0 Å². The van der Waals surface area contributed by atoms with Gasteiger partial charge in [-0.15, -0.1) is 0 Å². The number of rotatable bonds is 1. The molecule has 0 spiro atoms. The van der Waals surface area contributed by atoms with E-state index >= 15 is 0 Å². The van der Waals surface area contributed by atoms with Gasteiger partial charge >= 0.3 is 0 Å². The van der Waals surface area contributed by atoms with Gasteiger partial charge in [-0.1, -0.05) is 23.7 Å². The van der Waals surface area contributed by atoms with Crippen molar-refractivity contribution >= 4 is 11.6 Å². The van der Waals surface area contributed by atoms with Crippen LogP contribution in [-0.2, 0) is 6.42 Å². The van der Waals surface area contributed by atoms with Crippen LogP contribution in [0.5, 0.6) is 0 Å². The molecule has 0 fully saturated rings. The number of aliphatic hydroxyl groups is 1. The van der Waals surface area contributed by atoms with E-state index in [1.165, 1.54) is 5.56 Å². The van der Waals surface area contributed by atoms with Crippen molar-refractivity contribution < 1.29 is 5.11 Å². The minimum atomic E-state index is 0.0578. The Hall–Kier alpha value is -0.570. The van der Waals surface area contributed by atoms with E-state index in [9.17, 15) is 0 Å². The second-order valence-corrected chi connectivity index (χ2v) is 3.65. The molecule has 0 saturated carbocycles. The second-order valence-electron chi connectivity index (χ2n) is 3.25. The molecule has 13 heavy (non-hydrogen) atoms. The molecule has 0 aromatic heterocycles. The van der Waals surface area contributed by atoms with E-state index in [1.807, 2.05) is 18.2 Å². The zero-order valence-electron chi connectivity index (χ0n) is 7.26. The summed E-state index contributed by atoms with van der Waals surface area (Å²) in [5.41, 5.74) is 2.32. The zero-order chi connectivity index (χ0) is 9.26. The molecule has 3 heteroatoms. The number of hydrogen-bond acceptors (Lipinski definition) is 2. The number of halogens is 1. The highest BCUT2D eigenvalue weighted by molar-refractivity contribution is 6.31. The van der Waals surface area contributed by atoms with Crippen LogP contribution >= 0.6 is 11.6 Å². The SMILES string of the molecule is OC[C@H]1NCCc2c(Cl)cccc21. The van der Waals surface area contributed by atoms with Gasteiger partial charge in [0.25, 0.3) is 0 Å². The Labute approximate surface area is 82.5 Å². The third kappa shape index (κ3) is 1.57. The molecule has 1 heterocycles. The van der Waals surface area contributed by atoms with E-state index in [0.29, 0.717) is 0 Å². The number of benzene rings is 1. The molecule has 0 aliphatic carbocycles. The first kappa shape index (κ1) is 9.00. The average molecular weight is 198 g/mol. The van der Waals surface area contributed by atoms with Crippen LogP contribution < -0.4 is 5.32 Å². The number of hydrogen-bond donors (Lipinski definition) is 2. The summed E-state index contributed by atoms with van der Waals surface area (Å²) in [7, 11) is 0. The molecule has 1 aromatic carbocycles. The summed E-state index contributed by atoms with van der Waals surface area (Å²) in [4.78, 5) is 0. The molecule has 0 radical (unpaired) electrons. The molecule has 2 nitrogen and oxygen atoms in total. The highest BCUT2D eigenvalue weighted by Crippen LogP contribution is 2.28. The number of fused-ring (bicyclic) bond motifs is 1. The van der Waals surface area contributed by atoms with Gasteiger partial charge in [-0.3, -0.25) is 0 Å². The molecule has 0 saturated heterocycles. The van der Waals surface area contributed by atoms with Gasteiger partial charge in [0, 0.05) is 5.02 Å². The first-order chi connectivity index (χ1) is 6.33. The fourth-order valence-corrected chi connectivity index (χ4v) is 2.09. The Morgan fingerprint density at radius 2 is 2.38 bits per heavy atom. The van der Waals surface area contributed by atoms with Crippen LogP contribution in [0, 0.1) is 0 Å². The summed E-state index contributed by atoms with van der Waals surface area (Å²) in [6.07, 6.45) is 0.950. The predicted octanol–water partition coefficient (Wildman–Crippen LogP) is 1.52. The maximum Gasteiger partial charge on any atom is 0.0626 e. The molecular formula is C10H12ClNO. The molecule has 1 atom stereocenters. The van der Waals surface area contributed by atoms with Crippen LogP contribution in [-0.4, -0.2) is 18.3 Å². The maximum atomic E-state index is 9.12. The first-order valence-electron chi connectivity index (χ1n) is 4.44. The summed E-state index contributed by atoms with van der Waals surface area (Å²) in [5.74, 6) is 0. The highest BCUT2D eigenvalue weighted by atomic mass is 35.5. The van der Waals surface area contributed by atoms with Gasteiger partial charge in [0.1, 0.15) is 0 Å². The molecule has 1 aromatic rings. The standard InChI is InChI=1S/C10H12ClNO/c11-9-3-1-2-8-7(9)4-5-12-10(8)6-13/h1-3,10,12-13H,4-6H2/t10-/m1/s1. The van der Waals surface area contributed by atoms with Gasteiger partial charge in [0.2, 0.25) is 0 Å². The highest BCUT2D eigenvalue weighted by Gasteiger charge is 2.19. The van der Waals surface area contributed by atoms with Crippen molar-refractivity contribution in [3.63, 3.8) is 0 Å². The topological polar surface area (TPSA) is 32.3 Å². The number of nitrogens with one attached hydrogen (secondary N) is 1. The molecule has 0 unspecified atom stereocenters. The summed E-state index contributed by atoms with van der Waals surface area (Å²) in [5, 5.41) is 13.2. The quantitative estimate of drug-likeness (QED) is 0.716. The third-order valence-corrected chi connectivity index (χ3v) is 2.83. The molecular weight excluding hydrogens is 186 g/mol. The van der Waals surface area contributed by atoms with E-state index in [1.54, 1.807) is 0 Å². The zero-order valence-corrected chi connectivity index (χ0v) is 8.01. The van der Waals surface area contributed by atoms with E-state index in [2.05, 4.69) is 5.32 Å². The van der Waals surface area contributed by atoms with Gasteiger partial charge < -0.3 is 10.4 Å². The lowest BCUT2D eigenvalue weighted by Gasteiger charge is -2.25. The monoisotopic (exact) mass is 197 g/mol. The van der Waals surface area contributed by atoms with E-state index < -0.39 is 0 Å². The van der Waals surface area contributed by atoms with Gasteiger partial charge in [-0.05, 0) is 30.2 Å². The van der Waals surface area contributed by atoms with Crippen molar-refractivity contribution in [2.75, 3.05) is 13.2 Å². The maximum absolute atomic E-state index is 9.12. The van der Waals surface area contributed by atoms with Crippen LogP contribution in [0.4, 0.5) is 0 Å². The first-order valence-corrected chi connectivity index (χ1v) is 4.82. The summed E-state index contributed by atoms with van der Waals surface area (Å²) in [6, 6.07) is 5.91. The van der Waals surface area contributed by atoms with Gasteiger partial charge in [-0.2, -0.15) is 0 Å². The van der Waals surface area contributed by atoms with Crippen molar-refractivity contribution in [3.05, 3.63) is 34.3 Å². The Morgan fingerprint density at radius 1 is 1.54 bits per heavy atom. The van der Waals surface area contributed by atoms with Crippen molar-refractivity contribution in [1.82, 2.24) is 5.32 Å². The van der Waals surface area contributed by atoms with Crippen LogP contribution in [0.2, 0.25) is 5.02 Å². The minimum Gasteiger partial charge on any atom is -0.394 e. The van der Waals surface area contributed by atoms with Gasteiger partial charge in [-0.25, -0.2) is 0 Å². The van der Waals surface area contributed by atoms with Crippen LogP contribution in [0.25, 0.3) is 0 Å². The molecule has 0 bridgehead atoms. The summed E-state index contributed by atoms with van der Waals surface area (Å²) < 4.78 is 0. The third-order valence-electron chi connectivity index (χ3n) is 2.48.